The summed E-state index contributed by atoms with van der Waals surface area (Å²) in [6.07, 6.45) is 3.62. The number of pyridine rings is 1. The topological polar surface area (TPSA) is 38.9 Å². The van der Waals surface area contributed by atoms with Crippen molar-refractivity contribution in [3.63, 3.8) is 0 Å². The third kappa shape index (κ3) is 2.73. The lowest BCUT2D eigenvalue weighted by Crippen LogP contribution is -2.09. The first kappa shape index (κ1) is 12.5. The number of rotatable bonds is 2. The van der Waals surface area contributed by atoms with Crippen molar-refractivity contribution < 1.29 is 0 Å². The van der Waals surface area contributed by atoms with E-state index in [4.69, 9.17) is 5.73 Å². The van der Waals surface area contributed by atoms with Crippen molar-refractivity contribution in [3.8, 4) is 0 Å². The summed E-state index contributed by atoms with van der Waals surface area (Å²) in [5.74, 6) is 1.38. The van der Waals surface area contributed by atoms with Gasteiger partial charge in [0.2, 0.25) is 0 Å². The van der Waals surface area contributed by atoms with E-state index in [-0.39, 0.29) is 0 Å². The monoisotopic (exact) mass is 254 g/mol. The molecule has 1 aliphatic rings. The van der Waals surface area contributed by atoms with Crippen LogP contribution in [-0.4, -0.2) is 4.98 Å². The molecule has 1 aromatic carbocycles. The van der Waals surface area contributed by atoms with Crippen molar-refractivity contribution in [3.05, 3.63) is 35.4 Å². The highest BCUT2D eigenvalue weighted by molar-refractivity contribution is 5.82. The Kier molecular flexibility index (Phi) is 2.77. The van der Waals surface area contributed by atoms with Gasteiger partial charge >= 0.3 is 0 Å². The van der Waals surface area contributed by atoms with E-state index >= 15 is 0 Å². The van der Waals surface area contributed by atoms with Gasteiger partial charge in [-0.15, -0.1) is 0 Å². The van der Waals surface area contributed by atoms with Crippen LogP contribution in [0.3, 0.4) is 0 Å². The number of nitrogens with zero attached hydrogens (tertiary/aromatic N) is 1. The summed E-state index contributed by atoms with van der Waals surface area (Å²) in [5, 5.41) is 1.23. The Morgan fingerprint density at radius 3 is 2.58 bits per heavy atom. The molecule has 0 spiro atoms. The van der Waals surface area contributed by atoms with E-state index in [2.05, 4.69) is 50.0 Å². The Balaban J connectivity index is 2.03. The number of benzene rings is 1. The van der Waals surface area contributed by atoms with Crippen LogP contribution in [0.15, 0.2) is 24.3 Å². The molecule has 0 atom stereocenters. The summed E-state index contributed by atoms with van der Waals surface area (Å²) < 4.78 is 0. The van der Waals surface area contributed by atoms with Crippen LogP contribution in [0.5, 0.6) is 0 Å². The normalized spacial score (nSPS) is 15.9. The number of hydrogen-bond donors (Lipinski definition) is 1. The molecule has 2 nitrogen and oxygen atoms in total. The highest BCUT2D eigenvalue weighted by Crippen LogP contribution is 2.43. The highest BCUT2D eigenvalue weighted by atomic mass is 14.8. The van der Waals surface area contributed by atoms with Gasteiger partial charge in [0.15, 0.2) is 0 Å². The van der Waals surface area contributed by atoms with Gasteiger partial charge in [-0.3, -0.25) is 0 Å². The Morgan fingerprint density at radius 2 is 1.95 bits per heavy atom. The molecule has 19 heavy (non-hydrogen) atoms. The maximum atomic E-state index is 6.06. The molecule has 0 unspecified atom stereocenters. The van der Waals surface area contributed by atoms with Crippen LogP contribution in [-0.2, 0) is 6.42 Å². The molecule has 1 aromatic heterocycles. The second-order valence-electron chi connectivity index (χ2n) is 7.00. The van der Waals surface area contributed by atoms with E-state index in [0.717, 1.165) is 17.8 Å². The standard InChI is InChI=1S/C17H22N2/c1-17(2,3)10-11-4-7-15-13(8-11)9-14(12-5-6-12)16(18)19-15/h4,7-9,12H,5-6,10H2,1-3H3,(H2,18,19). The first-order chi connectivity index (χ1) is 8.92. The zero-order valence-electron chi connectivity index (χ0n) is 12.0. The van der Waals surface area contributed by atoms with E-state index in [1.54, 1.807) is 0 Å². The minimum absolute atomic E-state index is 0.314. The van der Waals surface area contributed by atoms with Crippen LogP contribution in [0.4, 0.5) is 5.82 Å². The molecule has 0 aliphatic heterocycles. The van der Waals surface area contributed by atoms with Crippen molar-refractivity contribution in [1.29, 1.82) is 0 Å². The predicted octanol–water partition coefficient (Wildman–Crippen LogP) is 4.28. The van der Waals surface area contributed by atoms with Crippen molar-refractivity contribution in [2.24, 2.45) is 5.41 Å². The van der Waals surface area contributed by atoms with Crippen molar-refractivity contribution >= 4 is 16.7 Å². The Hall–Kier alpha value is -1.57. The van der Waals surface area contributed by atoms with Crippen LogP contribution in [0.2, 0.25) is 0 Å². The molecular weight excluding hydrogens is 232 g/mol. The number of hydrogen-bond acceptors (Lipinski definition) is 2. The number of anilines is 1. The van der Waals surface area contributed by atoms with Gasteiger partial charge < -0.3 is 5.73 Å². The fourth-order valence-corrected chi connectivity index (χ4v) is 2.70. The van der Waals surface area contributed by atoms with Crippen molar-refractivity contribution in [2.45, 2.75) is 46.0 Å². The minimum Gasteiger partial charge on any atom is -0.383 e. The van der Waals surface area contributed by atoms with Gasteiger partial charge in [-0.05, 0) is 59.9 Å². The lowest BCUT2D eigenvalue weighted by Gasteiger charge is -2.18. The molecule has 0 bridgehead atoms. The summed E-state index contributed by atoms with van der Waals surface area (Å²) >= 11 is 0. The molecule has 1 aliphatic carbocycles. The van der Waals surface area contributed by atoms with Gasteiger partial charge in [0, 0.05) is 5.39 Å². The molecule has 2 N–H and O–H groups in total. The summed E-state index contributed by atoms with van der Waals surface area (Å²) in [4.78, 5) is 4.55. The minimum atomic E-state index is 0.314. The molecule has 1 heterocycles. The molecule has 0 amide bonds. The third-order valence-electron chi connectivity index (χ3n) is 3.69. The second kappa shape index (κ2) is 4.22. The molecule has 100 valence electrons. The van der Waals surface area contributed by atoms with Crippen LogP contribution >= 0.6 is 0 Å². The Morgan fingerprint density at radius 1 is 1.21 bits per heavy atom. The smallest absolute Gasteiger partial charge is 0.127 e. The summed E-state index contributed by atoms with van der Waals surface area (Å²) in [7, 11) is 0. The summed E-state index contributed by atoms with van der Waals surface area (Å²) in [5.41, 5.74) is 10.0. The van der Waals surface area contributed by atoms with Gasteiger partial charge in [0.1, 0.15) is 5.82 Å². The number of nitrogens with two attached hydrogens (primary N) is 1. The lowest BCUT2D eigenvalue weighted by atomic mass is 9.87. The third-order valence-corrected chi connectivity index (χ3v) is 3.69. The lowest BCUT2D eigenvalue weighted by molar-refractivity contribution is 0.411. The molecule has 0 radical (unpaired) electrons. The van der Waals surface area contributed by atoms with Crippen LogP contribution in [0.25, 0.3) is 10.9 Å². The number of aromatic nitrogens is 1. The van der Waals surface area contributed by atoms with Crippen LogP contribution in [0.1, 0.15) is 50.7 Å². The van der Waals surface area contributed by atoms with E-state index in [1.807, 2.05) is 0 Å². The van der Waals surface area contributed by atoms with Gasteiger partial charge in [0.25, 0.3) is 0 Å². The second-order valence-corrected chi connectivity index (χ2v) is 7.00. The van der Waals surface area contributed by atoms with Crippen molar-refractivity contribution in [2.75, 3.05) is 5.73 Å². The van der Waals surface area contributed by atoms with E-state index in [0.29, 0.717) is 11.3 Å². The van der Waals surface area contributed by atoms with E-state index < -0.39 is 0 Å². The fourth-order valence-electron chi connectivity index (χ4n) is 2.70. The first-order valence-corrected chi connectivity index (χ1v) is 7.11. The van der Waals surface area contributed by atoms with Crippen molar-refractivity contribution in [1.82, 2.24) is 4.98 Å². The average Bonchev–Trinajstić information content (AvgIpc) is 3.10. The number of fused-ring (bicyclic) bond motifs is 1. The van der Waals surface area contributed by atoms with Crippen LogP contribution in [0, 0.1) is 5.41 Å². The largest absolute Gasteiger partial charge is 0.383 e. The van der Waals surface area contributed by atoms with E-state index in [9.17, 15) is 0 Å². The number of nitrogen functional groups attached to an aromatic ring is 1. The zero-order chi connectivity index (χ0) is 13.6. The van der Waals surface area contributed by atoms with Gasteiger partial charge in [-0.25, -0.2) is 4.98 Å². The average molecular weight is 254 g/mol. The quantitative estimate of drug-likeness (QED) is 0.868. The Bertz CT molecular complexity index is 619. The first-order valence-electron chi connectivity index (χ1n) is 7.11. The Labute approximate surface area is 115 Å². The predicted molar refractivity (Wildman–Crippen MR) is 81.3 cm³/mol. The molecule has 3 rings (SSSR count). The van der Waals surface area contributed by atoms with Gasteiger partial charge in [-0.1, -0.05) is 26.8 Å². The maximum Gasteiger partial charge on any atom is 0.127 e. The van der Waals surface area contributed by atoms with Gasteiger partial charge in [-0.2, -0.15) is 0 Å². The highest BCUT2D eigenvalue weighted by Gasteiger charge is 2.26. The molecule has 0 saturated heterocycles. The summed E-state index contributed by atoms with van der Waals surface area (Å²) in [6.45, 7) is 6.82. The zero-order valence-corrected chi connectivity index (χ0v) is 12.0. The molecular formula is C17H22N2. The molecule has 1 saturated carbocycles. The molecule has 2 aromatic rings. The van der Waals surface area contributed by atoms with Gasteiger partial charge in [0.05, 0.1) is 5.52 Å². The molecule has 2 heteroatoms. The summed E-state index contributed by atoms with van der Waals surface area (Å²) in [6, 6.07) is 8.81. The SMILES string of the molecule is CC(C)(C)Cc1ccc2nc(N)c(C3CC3)cc2c1. The molecule has 1 fully saturated rings. The fraction of sp³-hybridized carbons (Fsp3) is 0.471. The van der Waals surface area contributed by atoms with Crippen LogP contribution < -0.4 is 5.73 Å². The maximum absolute atomic E-state index is 6.06. The van der Waals surface area contributed by atoms with E-state index in [1.165, 1.54) is 29.4 Å².